The maximum absolute atomic E-state index is 12.8. The number of fused-ring (bicyclic) bond motifs is 1. The van der Waals surface area contributed by atoms with Gasteiger partial charge in [-0.2, -0.15) is 0 Å². The molecule has 0 spiro atoms. The van der Waals surface area contributed by atoms with Gasteiger partial charge in [0.25, 0.3) is 5.56 Å². The molecule has 2 aromatic heterocycles. The van der Waals surface area contributed by atoms with E-state index in [1.165, 1.54) is 22.2 Å². The van der Waals surface area contributed by atoms with Gasteiger partial charge < -0.3 is 9.84 Å². The highest BCUT2D eigenvalue weighted by molar-refractivity contribution is 7.17. The highest BCUT2D eigenvalue weighted by Crippen LogP contribution is 2.33. The summed E-state index contributed by atoms with van der Waals surface area (Å²) in [7, 11) is 1.63. The van der Waals surface area contributed by atoms with Crippen molar-refractivity contribution in [2.75, 3.05) is 7.11 Å². The van der Waals surface area contributed by atoms with Gasteiger partial charge in [-0.05, 0) is 36.6 Å². The summed E-state index contributed by atoms with van der Waals surface area (Å²) in [6.07, 6.45) is 1.91. The molecule has 130 valence electrons. The number of hydrogen-bond donors (Lipinski definition) is 1. The van der Waals surface area contributed by atoms with Crippen LogP contribution in [0.1, 0.15) is 18.4 Å². The number of carboxylic acids is 1. The van der Waals surface area contributed by atoms with Crippen LogP contribution in [-0.4, -0.2) is 27.7 Å². The van der Waals surface area contributed by atoms with Gasteiger partial charge in [0.05, 0.1) is 18.8 Å². The van der Waals surface area contributed by atoms with E-state index in [9.17, 15) is 9.59 Å². The molecule has 0 bridgehead atoms. The molecule has 0 aliphatic carbocycles. The third-order valence-corrected chi connectivity index (χ3v) is 4.94. The number of carboxylic acid groups (broad SMARTS) is 1. The molecular weight excluding hydrogens is 340 g/mol. The smallest absolute Gasteiger partial charge is 0.303 e. The number of aromatic nitrogens is 2. The van der Waals surface area contributed by atoms with Crippen molar-refractivity contribution in [1.29, 1.82) is 0 Å². The Balaban J connectivity index is 2.03. The van der Waals surface area contributed by atoms with Crippen molar-refractivity contribution in [3.63, 3.8) is 0 Å². The number of thiophene rings is 1. The molecule has 0 aliphatic heterocycles. The molecule has 3 aromatic rings. The van der Waals surface area contributed by atoms with Crippen LogP contribution in [0.4, 0.5) is 0 Å². The molecule has 0 saturated heterocycles. The average Bonchev–Trinajstić information content (AvgIpc) is 3.01. The quantitative estimate of drug-likeness (QED) is 0.731. The second-order valence-electron chi connectivity index (χ2n) is 5.75. The van der Waals surface area contributed by atoms with Crippen LogP contribution in [0, 0.1) is 6.92 Å². The lowest BCUT2D eigenvalue weighted by Gasteiger charge is -2.08. The van der Waals surface area contributed by atoms with Crippen LogP contribution in [0.2, 0.25) is 0 Å². The van der Waals surface area contributed by atoms with Gasteiger partial charge in [0.15, 0.2) is 0 Å². The van der Waals surface area contributed by atoms with E-state index in [1.54, 1.807) is 7.11 Å². The Kier molecular flexibility index (Phi) is 4.85. The van der Waals surface area contributed by atoms with Gasteiger partial charge in [-0.1, -0.05) is 6.07 Å². The molecule has 1 N–H and O–H groups in total. The summed E-state index contributed by atoms with van der Waals surface area (Å²) >= 11 is 1.43. The number of aryl methyl sites for hydroxylation is 2. The summed E-state index contributed by atoms with van der Waals surface area (Å²) in [5.41, 5.74) is 2.63. The minimum atomic E-state index is -0.869. The Morgan fingerprint density at radius 3 is 2.88 bits per heavy atom. The zero-order valence-corrected chi connectivity index (χ0v) is 14.8. The Bertz CT molecular complexity index is 990. The van der Waals surface area contributed by atoms with E-state index in [0.717, 1.165) is 22.4 Å². The second-order valence-corrected chi connectivity index (χ2v) is 6.61. The molecule has 6 nitrogen and oxygen atoms in total. The zero-order chi connectivity index (χ0) is 18.0. The van der Waals surface area contributed by atoms with E-state index in [4.69, 9.17) is 9.84 Å². The molecule has 0 aliphatic rings. The van der Waals surface area contributed by atoms with Gasteiger partial charge in [0.2, 0.25) is 0 Å². The highest BCUT2D eigenvalue weighted by Gasteiger charge is 2.14. The Morgan fingerprint density at radius 1 is 1.40 bits per heavy atom. The number of hydrogen-bond acceptors (Lipinski definition) is 5. The van der Waals surface area contributed by atoms with Crippen LogP contribution in [0.25, 0.3) is 21.3 Å². The first-order valence-electron chi connectivity index (χ1n) is 7.84. The molecule has 7 heteroatoms. The van der Waals surface area contributed by atoms with E-state index >= 15 is 0 Å². The first-order valence-corrected chi connectivity index (χ1v) is 8.72. The summed E-state index contributed by atoms with van der Waals surface area (Å²) in [6, 6.07) is 5.80. The average molecular weight is 358 g/mol. The molecule has 0 saturated carbocycles. The fourth-order valence-electron chi connectivity index (χ4n) is 2.79. The molecule has 0 fully saturated rings. The lowest BCUT2D eigenvalue weighted by atomic mass is 10.0. The number of methoxy groups -OCH3 is 1. The Labute approximate surface area is 148 Å². The van der Waals surface area contributed by atoms with E-state index in [0.29, 0.717) is 23.2 Å². The first-order chi connectivity index (χ1) is 12.0. The maximum Gasteiger partial charge on any atom is 0.303 e. The monoisotopic (exact) mass is 358 g/mol. The molecule has 0 radical (unpaired) electrons. The van der Waals surface area contributed by atoms with Gasteiger partial charge >= 0.3 is 5.97 Å². The topological polar surface area (TPSA) is 81.4 Å². The van der Waals surface area contributed by atoms with Crippen LogP contribution >= 0.6 is 11.3 Å². The number of rotatable bonds is 6. The molecule has 0 unspecified atom stereocenters. The van der Waals surface area contributed by atoms with Crippen molar-refractivity contribution in [1.82, 2.24) is 9.55 Å². The molecule has 1 aromatic carbocycles. The van der Waals surface area contributed by atoms with Gasteiger partial charge in [-0.25, -0.2) is 4.98 Å². The summed E-state index contributed by atoms with van der Waals surface area (Å²) in [5, 5.41) is 11.3. The molecule has 2 heterocycles. The maximum atomic E-state index is 12.8. The third-order valence-electron chi connectivity index (χ3n) is 4.06. The van der Waals surface area contributed by atoms with Crippen LogP contribution in [0.5, 0.6) is 5.75 Å². The normalized spacial score (nSPS) is 11.0. The van der Waals surface area contributed by atoms with E-state index in [-0.39, 0.29) is 12.0 Å². The number of aliphatic carboxylic acids is 1. The lowest BCUT2D eigenvalue weighted by Crippen LogP contribution is -2.20. The van der Waals surface area contributed by atoms with Crippen molar-refractivity contribution in [2.45, 2.75) is 26.3 Å². The molecule has 3 rings (SSSR count). The Hall–Kier alpha value is -2.67. The molecule has 0 amide bonds. The minimum absolute atomic E-state index is 0.0264. The van der Waals surface area contributed by atoms with E-state index in [1.807, 2.05) is 30.5 Å². The predicted molar refractivity (Wildman–Crippen MR) is 97.5 cm³/mol. The van der Waals surface area contributed by atoms with Crippen LogP contribution < -0.4 is 10.3 Å². The molecule has 25 heavy (non-hydrogen) atoms. The van der Waals surface area contributed by atoms with Crippen molar-refractivity contribution in [3.05, 3.63) is 45.8 Å². The highest BCUT2D eigenvalue weighted by atomic mass is 32.1. The molecule has 0 atom stereocenters. The van der Waals surface area contributed by atoms with E-state index in [2.05, 4.69) is 4.98 Å². The second kappa shape index (κ2) is 7.06. The summed E-state index contributed by atoms with van der Waals surface area (Å²) < 4.78 is 6.77. The first kappa shape index (κ1) is 17.2. The minimum Gasteiger partial charge on any atom is -0.496 e. The number of ether oxygens (including phenoxy) is 1. The zero-order valence-electron chi connectivity index (χ0n) is 14.0. The Morgan fingerprint density at radius 2 is 2.20 bits per heavy atom. The van der Waals surface area contributed by atoms with Crippen molar-refractivity contribution >= 4 is 27.5 Å². The summed E-state index contributed by atoms with van der Waals surface area (Å²) in [4.78, 5) is 28.5. The van der Waals surface area contributed by atoms with Crippen molar-refractivity contribution < 1.29 is 14.6 Å². The number of nitrogens with zero attached hydrogens (tertiary/aromatic N) is 2. The fourth-order valence-corrected chi connectivity index (χ4v) is 3.69. The third kappa shape index (κ3) is 3.41. The largest absolute Gasteiger partial charge is 0.496 e. The standard InChI is InChI=1S/C18H18N2O4S/c1-11-8-12(5-6-14(11)24-2)13-9-25-17-16(13)18(23)20(10-19-17)7-3-4-15(21)22/h5-6,8-10H,3-4,7H2,1-2H3,(H,21,22). The van der Waals surface area contributed by atoms with Gasteiger partial charge in [0.1, 0.15) is 10.6 Å². The summed E-state index contributed by atoms with van der Waals surface area (Å²) in [5.74, 6) is -0.0699. The van der Waals surface area contributed by atoms with Gasteiger partial charge in [-0.3, -0.25) is 14.2 Å². The predicted octanol–water partition coefficient (Wildman–Crippen LogP) is 3.31. The van der Waals surface area contributed by atoms with Crippen LogP contribution in [-0.2, 0) is 11.3 Å². The molecular formula is C18H18N2O4S. The number of benzene rings is 1. The summed E-state index contributed by atoms with van der Waals surface area (Å²) in [6.45, 7) is 2.30. The van der Waals surface area contributed by atoms with Crippen LogP contribution in [0.3, 0.4) is 0 Å². The van der Waals surface area contributed by atoms with E-state index < -0.39 is 5.97 Å². The lowest BCUT2D eigenvalue weighted by molar-refractivity contribution is -0.137. The SMILES string of the molecule is COc1ccc(-c2csc3ncn(CCCC(=O)O)c(=O)c23)cc1C. The van der Waals surface area contributed by atoms with Gasteiger partial charge in [-0.15, -0.1) is 11.3 Å². The van der Waals surface area contributed by atoms with Gasteiger partial charge in [0, 0.05) is 23.9 Å². The van der Waals surface area contributed by atoms with Crippen molar-refractivity contribution in [2.24, 2.45) is 0 Å². The van der Waals surface area contributed by atoms with Crippen molar-refractivity contribution in [3.8, 4) is 16.9 Å². The number of carbonyl (C=O) groups is 1. The van der Waals surface area contributed by atoms with Crippen LogP contribution in [0.15, 0.2) is 34.7 Å². The fraction of sp³-hybridized carbons (Fsp3) is 0.278.